The maximum Gasteiger partial charge on any atom is 0.325 e. The number of anilines is 2. The molecular formula is C15H8ClFN4OS. The first-order valence-corrected chi connectivity index (χ1v) is 7.58. The number of fused-ring (bicyclic) bond motifs is 1. The number of thiazole rings is 1. The van der Waals surface area contributed by atoms with E-state index in [-0.39, 0.29) is 11.3 Å². The minimum atomic E-state index is -0.685. The molecule has 0 fully saturated rings. The van der Waals surface area contributed by atoms with E-state index < -0.39 is 11.8 Å². The minimum Gasteiger partial charge on any atom is -0.305 e. The molecule has 1 aromatic heterocycles. The van der Waals surface area contributed by atoms with Crippen molar-refractivity contribution >= 4 is 50.0 Å². The molecule has 3 aromatic rings. The molecule has 0 aliphatic rings. The first-order chi connectivity index (χ1) is 11.0. The third-order valence-electron chi connectivity index (χ3n) is 2.92. The number of hydrogen-bond acceptors (Lipinski definition) is 4. The van der Waals surface area contributed by atoms with Crippen LogP contribution in [0.5, 0.6) is 0 Å². The Labute approximate surface area is 139 Å². The van der Waals surface area contributed by atoms with Crippen LogP contribution in [-0.4, -0.2) is 11.0 Å². The van der Waals surface area contributed by atoms with Gasteiger partial charge in [0.2, 0.25) is 0 Å². The molecule has 8 heteroatoms. The Bertz CT molecular complexity index is 950. The van der Waals surface area contributed by atoms with Crippen LogP contribution in [0.4, 0.5) is 20.0 Å². The molecule has 0 radical (unpaired) electrons. The van der Waals surface area contributed by atoms with Crippen molar-refractivity contribution in [3.63, 3.8) is 0 Å². The lowest BCUT2D eigenvalue weighted by molar-refractivity contribution is 0.262. The summed E-state index contributed by atoms with van der Waals surface area (Å²) < 4.78 is 14.6. The van der Waals surface area contributed by atoms with Crippen LogP contribution >= 0.6 is 22.9 Å². The largest absolute Gasteiger partial charge is 0.325 e. The van der Waals surface area contributed by atoms with Gasteiger partial charge in [-0.25, -0.2) is 14.2 Å². The third kappa shape index (κ3) is 3.39. The Kier molecular flexibility index (Phi) is 4.10. The van der Waals surface area contributed by atoms with Crippen molar-refractivity contribution in [2.75, 3.05) is 10.6 Å². The molecule has 0 bridgehead atoms. The molecule has 5 nitrogen and oxygen atoms in total. The summed E-state index contributed by atoms with van der Waals surface area (Å²) in [4.78, 5) is 16.2. The minimum absolute atomic E-state index is 0.0225. The van der Waals surface area contributed by atoms with Gasteiger partial charge in [0.1, 0.15) is 5.82 Å². The molecule has 0 spiro atoms. The van der Waals surface area contributed by atoms with Gasteiger partial charge >= 0.3 is 6.03 Å². The maximum absolute atomic E-state index is 13.7. The number of nitriles is 1. The highest BCUT2D eigenvalue weighted by Crippen LogP contribution is 2.28. The van der Waals surface area contributed by atoms with E-state index in [0.717, 1.165) is 10.8 Å². The predicted octanol–water partition coefficient (Wildman–Crippen LogP) is 4.60. The summed E-state index contributed by atoms with van der Waals surface area (Å²) in [6.07, 6.45) is 0. The SMILES string of the molecule is N#Cc1ccc(NC(=O)Nc2nc3ccc(Cl)cc3s2)c(F)c1. The van der Waals surface area contributed by atoms with E-state index >= 15 is 0 Å². The number of nitrogens with zero attached hydrogens (tertiary/aromatic N) is 2. The van der Waals surface area contributed by atoms with Crippen LogP contribution in [0.25, 0.3) is 10.2 Å². The van der Waals surface area contributed by atoms with Gasteiger partial charge in [-0.15, -0.1) is 0 Å². The average molecular weight is 347 g/mol. The van der Waals surface area contributed by atoms with E-state index in [9.17, 15) is 9.18 Å². The van der Waals surface area contributed by atoms with Crippen molar-refractivity contribution in [1.29, 1.82) is 5.26 Å². The van der Waals surface area contributed by atoms with Crippen LogP contribution in [0.1, 0.15) is 5.56 Å². The van der Waals surface area contributed by atoms with E-state index in [1.807, 2.05) is 6.07 Å². The molecule has 3 rings (SSSR count). The van der Waals surface area contributed by atoms with E-state index in [2.05, 4.69) is 15.6 Å². The Morgan fingerprint density at radius 2 is 2.09 bits per heavy atom. The number of carbonyl (C=O) groups is 1. The van der Waals surface area contributed by atoms with Gasteiger partial charge in [0.25, 0.3) is 0 Å². The topological polar surface area (TPSA) is 77.8 Å². The van der Waals surface area contributed by atoms with Crippen LogP contribution in [0, 0.1) is 17.1 Å². The van der Waals surface area contributed by atoms with Crippen LogP contribution < -0.4 is 10.6 Å². The summed E-state index contributed by atoms with van der Waals surface area (Å²) in [5, 5.41) is 14.5. The van der Waals surface area contributed by atoms with Gasteiger partial charge in [-0.05, 0) is 36.4 Å². The normalized spacial score (nSPS) is 10.3. The van der Waals surface area contributed by atoms with Crippen LogP contribution in [-0.2, 0) is 0 Å². The first kappa shape index (κ1) is 15.2. The number of hydrogen-bond donors (Lipinski definition) is 2. The molecule has 0 unspecified atom stereocenters. The van der Waals surface area contributed by atoms with Crippen molar-refractivity contribution in [1.82, 2.24) is 4.98 Å². The van der Waals surface area contributed by atoms with Gasteiger partial charge in [0, 0.05) is 5.02 Å². The summed E-state index contributed by atoms with van der Waals surface area (Å²) in [5.74, 6) is -0.685. The van der Waals surface area contributed by atoms with Gasteiger partial charge in [-0.2, -0.15) is 5.26 Å². The maximum atomic E-state index is 13.7. The van der Waals surface area contributed by atoms with Gasteiger partial charge < -0.3 is 5.32 Å². The molecule has 0 aliphatic heterocycles. The Morgan fingerprint density at radius 1 is 1.26 bits per heavy atom. The summed E-state index contributed by atoms with van der Waals surface area (Å²) in [5.41, 5.74) is 0.862. The van der Waals surface area contributed by atoms with Gasteiger partial charge in [-0.1, -0.05) is 22.9 Å². The lowest BCUT2D eigenvalue weighted by Crippen LogP contribution is -2.20. The molecule has 114 valence electrons. The zero-order valence-corrected chi connectivity index (χ0v) is 13.0. The second-order valence-electron chi connectivity index (χ2n) is 4.52. The van der Waals surface area contributed by atoms with Crippen LogP contribution in [0.15, 0.2) is 36.4 Å². The Morgan fingerprint density at radius 3 is 2.83 bits per heavy atom. The smallest absolute Gasteiger partial charge is 0.305 e. The van der Waals surface area contributed by atoms with Crippen LogP contribution in [0.2, 0.25) is 5.02 Å². The highest BCUT2D eigenvalue weighted by Gasteiger charge is 2.11. The molecule has 2 amide bonds. The molecule has 0 saturated carbocycles. The van der Waals surface area contributed by atoms with E-state index in [4.69, 9.17) is 16.9 Å². The first-order valence-electron chi connectivity index (χ1n) is 6.39. The van der Waals surface area contributed by atoms with Gasteiger partial charge in [-0.3, -0.25) is 5.32 Å². The molecule has 0 atom stereocenters. The molecule has 1 heterocycles. The molecular weight excluding hydrogens is 339 g/mol. The number of urea groups is 1. The van der Waals surface area contributed by atoms with E-state index in [0.29, 0.717) is 15.7 Å². The Hall–Kier alpha value is -2.69. The highest BCUT2D eigenvalue weighted by atomic mass is 35.5. The zero-order chi connectivity index (χ0) is 16.4. The fourth-order valence-corrected chi connectivity index (χ4v) is 3.03. The van der Waals surface area contributed by atoms with Crippen molar-refractivity contribution in [2.45, 2.75) is 0 Å². The Balaban J connectivity index is 1.74. The van der Waals surface area contributed by atoms with E-state index in [1.54, 1.807) is 18.2 Å². The lowest BCUT2D eigenvalue weighted by atomic mass is 10.2. The fourth-order valence-electron chi connectivity index (χ4n) is 1.89. The molecule has 2 aromatic carbocycles. The van der Waals surface area contributed by atoms with Crippen molar-refractivity contribution in [3.8, 4) is 6.07 Å². The van der Waals surface area contributed by atoms with Gasteiger partial charge in [0.05, 0.1) is 27.5 Å². The standard InChI is InChI=1S/C15H8ClFN4OS/c16-9-2-4-12-13(6-9)23-15(20-12)21-14(22)19-11-3-1-8(7-18)5-10(11)17/h1-6H,(H2,19,20,21,22). The number of aromatic nitrogens is 1. The summed E-state index contributed by atoms with van der Waals surface area (Å²) in [6, 6.07) is 10.2. The van der Waals surface area contributed by atoms with Crippen molar-refractivity contribution in [3.05, 3.63) is 52.8 Å². The molecule has 0 saturated heterocycles. The lowest BCUT2D eigenvalue weighted by Gasteiger charge is -2.06. The molecule has 0 aliphatic carbocycles. The summed E-state index contributed by atoms with van der Waals surface area (Å²) in [7, 11) is 0. The third-order valence-corrected chi connectivity index (χ3v) is 4.09. The highest BCUT2D eigenvalue weighted by molar-refractivity contribution is 7.22. The summed E-state index contributed by atoms with van der Waals surface area (Å²) in [6.45, 7) is 0. The second kappa shape index (κ2) is 6.20. The fraction of sp³-hybridized carbons (Fsp3) is 0. The van der Waals surface area contributed by atoms with Crippen molar-refractivity contribution in [2.24, 2.45) is 0 Å². The number of nitrogens with one attached hydrogen (secondary N) is 2. The number of halogens is 2. The second-order valence-corrected chi connectivity index (χ2v) is 5.98. The van der Waals surface area contributed by atoms with E-state index in [1.165, 1.54) is 23.5 Å². The van der Waals surface area contributed by atoms with Crippen LogP contribution in [0.3, 0.4) is 0 Å². The quantitative estimate of drug-likeness (QED) is 0.711. The number of carbonyl (C=O) groups excluding carboxylic acids is 1. The monoisotopic (exact) mass is 346 g/mol. The predicted molar refractivity (Wildman–Crippen MR) is 88.4 cm³/mol. The summed E-state index contributed by atoms with van der Waals surface area (Å²) >= 11 is 7.15. The zero-order valence-electron chi connectivity index (χ0n) is 11.4. The van der Waals surface area contributed by atoms with Crippen molar-refractivity contribution < 1.29 is 9.18 Å². The van der Waals surface area contributed by atoms with Gasteiger partial charge in [0.15, 0.2) is 5.13 Å². The molecule has 23 heavy (non-hydrogen) atoms. The number of benzene rings is 2. The molecule has 2 N–H and O–H groups in total. The average Bonchev–Trinajstić information content (AvgIpc) is 2.90. The number of amides is 2. The number of rotatable bonds is 2.